The monoisotopic (exact) mass is 630 g/mol. The number of hydrogen-bond acceptors (Lipinski definition) is 10. The van der Waals surface area contributed by atoms with Gasteiger partial charge in [-0.3, -0.25) is 19.2 Å². The Labute approximate surface area is 260 Å². The molecular weight excluding hydrogens is 572 g/mol. The highest BCUT2D eigenvalue weighted by molar-refractivity contribution is 6.74. The first-order valence-electron chi connectivity index (χ1n) is 15.0. The zero-order valence-corrected chi connectivity index (χ0v) is 30.7. The smallest absolute Gasteiger partial charge is 0.313 e. The molecule has 0 N–H and O–H groups in total. The quantitative estimate of drug-likeness (QED) is 0.183. The van der Waals surface area contributed by atoms with Crippen molar-refractivity contribution in [3.63, 3.8) is 0 Å². The number of ether oxygens (including phenoxy) is 5. The first-order chi connectivity index (χ1) is 18.9. The van der Waals surface area contributed by atoms with Crippen LogP contribution in [0.25, 0.3) is 0 Å². The Morgan fingerprint density at radius 2 is 0.860 bits per heavy atom. The third kappa shape index (κ3) is 10.8. The van der Waals surface area contributed by atoms with Crippen LogP contribution in [-0.4, -0.2) is 69.5 Å². The molecule has 0 spiro atoms. The average Bonchev–Trinajstić information content (AvgIpc) is 2.77. The van der Waals surface area contributed by atoms with Crippen molar-refractivity contribution in [3.8, 4) is 0 Å². The molecule has 0 saturated carbocycles. The van der Waals surface area contributed by atoms with Crippen LogP contribution in [0.2, 0.25) is 18.1 Å². The van der Waals surface area contributed by atoms with E-state index in [9.17, 15) is 19.2 Å². The molecule has 0 bridgehead atoms. The molecule has 5 atom stereocenters. The minimum Gasteiger partial charge on any atom is -0.455 e. The van der Waals surface area contributed by atoms with Crippen molar-refractivity contribution in [1.82, 2.24) is 0 Å². The Balaban J connectivity index is 3.86. The molecule has 0 amide bonds. The Hall–Kier alpha value is -1.98. The second kappa shape index (κ2) is 13.2. The fourth-order valence-electron chi connectivity index (χ4n) is 3.20. The predicted octanol–water partition coefficient (Wildman–Crippen LogP) is 6.20. The Bertz CT molecular complexity index is 1020. The second-order valence-corrected chi connectivity index (χ2v) is 21.9. The van der Waals surface area contributed by atoms with Gasteiger partial charge in [-0.05, 0) is 101 Å². The molecular formula is C32H58O10Si. The van der Waals surface area contributed by atoms with E-state index >= 15 is 0 Å². The van der Waals surface area contributed by atoms with Gasteiger partial charge in [-0.1, -0.05) is 20.8 Å². The molecule has 0 radical (unpaired) electrons. The van der Waals surface area contributed by atoms with E-state index in [4.69, 9.17) is 28.1 Å². The molecule has 0 aromatic heterocycles. The van der Waals surface area contributed by atoms with Crippen molar-refractivity contribution >= 4 is 32.2 Å². The van der Waals surface area contributed by atoms with E-state index in [1.54, 1.807) is 83.1 Å². The molecule has 250 valence electrons. The fourth-order valence-corrected chi connectivity index (χ4v) is 4.21. The van der Waals surface area contributed by atoms with Gasteiger partial charge in [-0.2, -0.15) is 0 Å². The van der Waals surface area contributed by atoms with E-state index in [-0.39, 0.29) is 11.6 Å². The molecule has 11 heteroatoms. The first-order valence-corrected chi connectivity index (χ1v) is 17.9. The average molecular weight is 631 g/mol. The van der Waals surface area contributed by atoms with Crippen molar-refractivity contribution in [3.05, 3.63) is 0 Å². The summed E-state index contributed by atoms with van der Waals surface area (Å²) in [7, 11) is -2.35. The van der Waals surface area contributed by atoms with Crippen molar-refractivity contribution in [2.24, 2.45) is 21.7 Å². The molecule has 1 aliphatic rings. The third-order valence-electron chi connectivity index (χ3n) is 7.41. The van der Waals surface area contributed by atoms with E-state index in [1.165, 1.54) is 0 Å². The largest absolute Gasteiger partial charge is 0.455 e. The van der Waals surface area contributed by atoms with Gasteiger partial charge in [-0.25, -0.2) is 0 Å². The normalized spacial score (nSPS) is 24.2. The van der Waals surface area contributed by atoms with Crippen LogP contribution in [0.4, 0.5) is 0 Å². The summed E-state index contributed by atoms with van der Waals surface area (Å²) in [6.07, 6.45) is -6.56. The lowest BCUT2D eigenvalue weighted by Gasteiger charge is -2.47. The topological polar surface area (TPSA) is 124 Å². The van der Waals surface area contributed by atoms with Crippen molar-refractivity contribution in [1.29, 1.82) is 0 Å². The standard InChI is InChI=1S/C32H58O10Si/c1-28(2,3)24(33)39-20-19(18-37-43(16,17)32(13,14)15)38-23(42-27(36)31(10,11)12)22(41-26(35)30(7,8)9)21(20)40-25(34)29(4,5)6/h19-23H,18H2,1-17H3/t19?,20-,21-,22?,23+/m1/s1. The summed E-state index contributed by atoms with van der Waals surface area (Å²) < 4.78 is 36.6. The van der Waals surface area contributed by atoms with E-state index in [0.29, 0.717) is 0 Å². The third-order valence-corrected chi connectivity index (χ3v) is 11.9. The van der Waals surface area contributed by atoms with Crippen molar-refractivity contribution < 1.29 is 47.3 Å². The molecule has 1 aliphatic heterocycles. The van der Waals surface area contributed by atoms with Crippen LogP contribution in [0.5, 0.6) is 0 Å². The molecule has 10 nitrogen and oxygen atoms in total. The number of carbonyl (C=O) groups excluding carboxylic acids is 4. The summed E-state index contributed by atoms with van der Waals surface area (Å²) >= 11 is 0. The summed E-state index contributed by atoms with van der Waals surface area (Å²) in [5, 5.41) is -0.153. The van der Waals surface area contributed by atoms with Crippen LogP contribution in [0.1, 0.15) is 104 Å². The maximum atomic E-state index is 13.4. The molecule has 0 aromatic rings. The van der Waals surface area contributed by atoms with E-state index in [2.05, 4.69) is 33.9 Å². The maximum Gasteiger partial charge on any atom is 0.313 e. The highest BCUT2D eigenvalue weighted by atomic mass is 28.4. The van der Waals surface area contributed by atoms with Gasteiger partial charge in [0.25, 0.3) is 0 Å². The molecule has 1 heterocycles. The van der Waals surface area contributed by atoms with Gasteiger partial charge < -0.3 is 28.1 Å². The Morgan fingerprint density at radius 3 is 1.21 bits per heavy atom. The lowest BCUT2D eigenvalue weighted by Crippen LogP contribution is -2.65. The number of carbonyl (C=O) groups is 4. The minimum absolute atomic E-state index is 0.0499. The zero-order chi connectivity index (χ0) is 34.1. The first kappa shape index (κ1) is 39.0. The van der Waals surface area contributed by atoms with E-state index < -0.39 is 84.6 Å². The molecule has 1 fully saturated rings. The summed E-state index contributed by atoms with van der Waals surface area (Å²) in [4.78, 5) is 53.0. The summed E-state index contributed by atoms with van der Waals surface area (Å²) in [6, 6.07) is 0. The lowest BCUT2D eigenvalue weighted by atomic mass is 9.93. The van der Waals surface area contributed by atoms with Gasteiger partial charge >= 0.3 is 23.9 Å². The van der Waals surface area contributed by atoms with Gasteiger partial charge in [0.1, 0.15) is 6.10 Å². The van der Waals surface area contributed by atoms with Gasteiger partial charge in [0.05, 0.1) is 28.3 Å². The molecule has 1 rings (SSSR count). The molecule has 2 unspecified atom stereocenters. The van der Waals surface area contributed by atoms with Gasteiger partial charge in [0.15, 0.2) is 20.5 Å². The summed E-state index contributed by atoms with van der Waals surface area (Å²) in [6.45, 7) is 30.5. The fraction of sp³-hybridized carbons (Fsp3) is 0.875. The minimum atomic E-state index is -2.35. The van der Waals surface area contributed by atoms with Gasteiger partial charge in [0.2, 0.25) is 12.4 Å². The van der Waals surface area contributed by atoms with E-state index in [1.807, 2.05) is 0 Å². The van der Waals surface area contributed by atoms with Crippen LogP contribution >= 0.6 is 0 Å². The van der Waals surface area contributed by atoms with Gasteiger partial charge in [0, 0.05) is 0 Å². The van der Waals surface area contributed by atoms with Crippen LogP contribution in [0.3, 0.4) is 0 Å². The summed E-state index contributed by atoms with van der Waals surface area (Å²) in [5.74, 6) is -2.48. The number of hydrogen-bond donors (Lipinski definition) is 0. The Kier molecular flexibility index (Phi) is 12.0. The van der Waals surface area contributed by atoms with Crippen molar-refractivity contribution in [2.75, 3.05) is 6.61 Å². The van der Waals surface area contributed by atoms with Gasteiger partial charge in [-0.15, -0.1) is 0 Å². The zero-order valence-electron chi connectivity index (χ0n) is 29.7. The number of esters is 4. The molecule has 0 aliphatic carbocycles. The van der Waals surface area contributed by atoms with E-state index in [0.717, 1.165) is 0 Å². The number of rotatable bonds is 7. The van der Waals surface area contributed by atoms with Crippen LogP contribution in [0.15, 0.2) is 0 Å². The van der Waals surface area contributed by atoms with Crippen molar-refractivity contribution in [2.45, 2.75) is 153 Å². The highest BCUT2D eigenvalue weighted by Crippen LogP contribution is 2.39. The summed E-state index contributed by atoms with van der Waals surface area (Å²) in [5.41, 5.74) is -3.77. The molecule has 0 aromatic carbocycles. The highest BCUT2D eigenvalue weighted by Gasteiger charge is 2.56. The maximum absolute atomic E-state index is 13.4. The second-order valence-electron chi connectivity index (χ2n) is 17.1. The SMILES string of the molecule is CC(C)(C)C(=O)OC1[C@H](OC(=O)C(C)(C)C)OC(CO[Si](C)(C)C(C)(C)C)[C@@H](OC(=O)C(C)(C)C)[C@H]1OC(=O)C(C)(C)C. The molecule has 43 heavy (non-hydrogen) atoms. The molecule has 1 saturated heterocycles. The Morgan fingerprint density at radius 1 is 0.535 bits per heavy atom. The van der Waals surface area contributed by atoms with Crippen LogP contribution in [0, 0.1) is 21.7 Å². The predicted molar refractivity (Wildman–Crippen MR) is 165 cm³/mol. The van der Waals surface area contributed by atoms with Crippen LogP contribution in [-0.2, 0) is 47.3 Å². The van der Waals surface area contributed by atoms with Crippen LogP contribution < -0.4 is 0 Å². The lowest BCUT2D eigenvalue weighted by molar-refractivity contribution is -0.305.